The van der Waals surface area contributed by atoms with Gasteiger partial charge in [-0.05, 0) is 29.5 Å². The SMILES string of the molecule is CN1C(=O)C(C)(Cc2ccccc2)N(C)C(=O)/C1=C/c1cscc1C(F)(F)F. The summed E-state index contributed by atoms with van der Waals surface area (Å²) >= 11 is 0.894. The molecule has 8 heteroatoms. The van der Waals surface area contributed by atoms with E-state index in [1.165, 1.54) is 24.4 Å². The highest BCUT2D eigenvalue weighted by Crippen LogP contribution is 2.37. The first-order chi connectivity index (χ1) is 13.1. The maximum absolute atomic E-state index is 13.2. The average Bonchev–Trinajstić information content (AvgIpc) is 3.12. The van der Waals surface area contributed by atoms with Gasteiger partial charge in [-0.2, -0.15) is 24.5 Å². The molecule has 2 amide bonds. The van der Waals surface area contributed by atoms with Gasteiger partial charge in [0.1, 0.15) is 11.2 Å². The van der Waals surface area contributed by atoms with Gasteiger partial charge in [-0.3, -0.25) is 9.59 Å². The molecule has 0 saturated carbocycles. The number of rotatable bonds is 3. The second-order valence-electron chi connectivity index (χ2n) is 6.93. The molecule has 2 heterocycles. The molecular formula is C20H19F3N2O2S. The van der Waals surface area contributed by atoms with Crippen molar-refractivity contribution in [1.82, 2.24) is 9.80 Å². The zero-order chi connectivity index (χ0) is 20.7. The van der Waals surface area contributed by atoms with Gasteiger partial charge in [-0.25, -0.2) is 0 Å². The number of alkyl halides is 3. The fourth-order valence-corrected chi connectivity index (χ4v) is 4.11. The average molecular weight is 408 g/mol. The second kappa shape index (κ2) is 7.09. The monoisotopic (exact) mass is 408 g/mol. The van der Waals surface area contributed by atoms with Crippen LogP contribution in [0.15, 0.2) is 46.8 Å². The van der Waals surface area contributed by atoms with Crippen LogP contribution in [0.1, 0.15) is 23.6 Å². The lowest BCUT2D eigenvalue weighted by molar-refractivity contribution is -0.155. The van der Waals surface area contributed by atoms with Crippen LogP contribution in [0.3, 0.4) is 0 Å². The molecule has 2 aromatic rings. The van der Waals surface area contributed by atoms with Crippen LogP contribution in [-0.4, -0.2) is 41.2 Å². The van der Waals surface area contributed by atoms with Crippen molar-refractivity contribution in [1.29, 1.82) is 0 Å². The van der Waals surface area contributed by atoms with Crippen molar-refractivity contribution in [3.63, 3.8) is 0 Å². The van der Waals surface area contributed by atoms with Gasteiger partial charge < -0.3 is 9.80 Å². The molecule has 1 fully saturated rings. The van der Waals surface area contributed by atoms with Crippen molar-refractivity contribution in [2.45, 2.75) is 25.1 Å². The topological polar surface area (TPSA) is 40.6 Å². The van der Waals surface area contributed by atoms with E-state index < -0.39 is 23.2 Å². The van der Waals surface area contributed by atoms with Crippen LogP contribution in [0.4, 0.5) is 13.2 Å². The van der Waals surface area contributed by atoms with Crippen LogP contribution in [0.5, 0.6) is 0 Å². The second-order valence-corrected chi connectivity index (χ2v) is 7.68. The van der Waals surface area contributed by atoms with E-state index in [0.717, 1.165) is 33.3 Å². The van der Waals surface area contributed by atoms with Crippen LogP contribution in [-0.2, 0) is 22.2 Å². The van der Waals surface area contributed by atoms with Crippen LogP contribution < -0.4 is 0 Å². The summed E-state index contributed by atoms with van der Waals surface area (Å²) in [5, 5.41) is 2.31. The molecule has 1 aromatic heterocycles. The third-order valence-electron chi connectivity index (χ3n) is 5.07. The lowest BCUT2D eigenvalue weighted by Gasteiger charge is -2.45. The molecule has 0 bridgehead atoms. The molecule has 0 N–H and O–H groups in total. The number of carbonyl (C=O) groups excluding carboxylic acids is 2. The molecular weight excluding hydrogens is 389 g/mol. The van der Waals surface area contributed by atoms with Gasteiger partial charge in [0, 0.05) is 25.9 Å². The summed E-state index contributed by atoms with van der Waals surface area (Å²) in [6.07, 6.45) is -3.09. The predicted octanol–water partition coefficient (Wildman–Crippen LogP) is 4.04. The van der Waals surface area contributed by atoms with Gasteiger partial charge in [0.25, 0.3) is 11.8 Å². The molecule has 0 aliphatic carbocycles. The number of hydrogen-bond donors (Lipinski definition) is 0. The van der Waals surface area contributed by atoms with Crippen LogP contribution >= 0.6 is 11.3 Å². The van der Waals surface area contributed by atoms with Gasteiger partial charge in [0.2, 0.25) is 0 Å². The van der Waals surface area contributed by atoms with Crippen molar-refractivity contribution in [3.05, 3.63) is 63.5 Å². The Hall–Kier alpha value is -2.61. The standard InChI is InChI=1S/C20H19F3N2O2S/c1-19(10-13-7-5-4-6-8-13)18(27)24(2)16(17(26)25(19)3)9-14-11-28-12-15(14)20(21,22)23/h4-9,11-12H,10H2,1-3H3/b16-9-. The molecule has 1 unspecified atom stereocenters. The minimum atomic E-state index is -4.53. The van der Waals surface area contributed by atoms with Crippen LogP contribution in [0.25, 0.3) is 6.08 Å². The predicted molar refractivity (Wildman–Crippen MR) is 101 cm³/mol. The van der Waals surface area contributed by atoms with Gasteiger partial charge in [0.05, 0.1) is 5.56 Å². The quantitative estimate of drug-likeness (QED) is 0.720. The number of thiophene rings is 1. The Labute approximate surface area is 164 Å². The molecule has 3 rings (SSSR count). The number of likely N-dealkylation sites (N-methyl/N-ethyl adjacent to an activating group) is 2. The smallest absolute Gasteiger partial charge is 0.326 e. The van der Waals surface area contributed by atoms with Crippen molar-refractivity contribution < 1.29 is 22.8 Å². The lowest BCUT2D eigenvalue weighted by atomic mass is 9.87. The van der Waals surface area contributed by atoms with E-state index in [-0.39, 0.29) is 17.2 Å². The lowest BCUT2D eigenvalue weighted by Crippen LogP contribution is -2.64. The van der Waals surface area contributed by atoms with Crippen molar-refractivity contribution in [2.24, 2.45) is 0 Å². The van der Waals surface area contributed by atoms with Gasteiger partial charge in [-0.15, -0.1) is 0 Å². The molecule has 4 nitrogen and oxygen atoms in total. The van der Waals surface area contributed by atoms with Gasteiger partial charge in [-0.1, -0.05) is 30.3 Å². The Morgan fingerprint density at radius 2 is 1.75 bits per heavy atom. The number of benzene rings is 1. The largest absolute Gasteiger partial charge is 0.417 e. The third kappa shape index (κ3) is 3.44. The van der Waals surface area contributed by atoms with Gasteiger partial charge >= 0.3 is 6.18 Å². The van der Waals surface area contributed by atoms with E-state index in [1.54, 1.807) is 6.92 Å². The first-order valence-electron chi connectivity index (χ1n) is 8.51. The van der Waals surface area contributed by atoms with Crippen LogP contribution in [0, 0.1) is 0 Å². The molecule has 0 spiro atoms. The number of halogens is 3. The summed E-state index contributed by atoms with van der Waals surface area (Å²) in [6, 6.07) is 9.28. The third-order valence-corrected chi connectivity index (χ3v) is 5.83. The highest BCUT2D eigenvalue weighted by Gasteiger charge is 2.48. The van der Waals surface area contributed by atoms with Gasteiger partial charge in [0.15, 0.2) is 0 Å². The van der Waals surface area contributed by atoms with E-state index in [2.05, 4.69) is 0 Å². The summed E-state index contributed by atoms with van der Waals surface area (Å²) in [5.74, 6) is -0.853. The van der Waals surface area contributed by atoms with E-state index in [4.69, 9.17) is 0 Å². The maximum atomic E-state index is 13.2. The first kappa shape index (κ1) is 20.1. The van der Waals surface area contributed by atoms with E-state index in [9.17, 15) is 22.8 Å². The normalized spacial score (nSPS) is 22.3. The minimum absolute atomic E-state index is 0.0815. The molecule has 1 aliphatic heterocycles. The first-order valence-corrected chi connectivity index (χ1v) is 9.45. The molecule has 28 heavy (non-hydrogen) atoms. The van der Waals surface area contributed by atoms with E-state index >= 15 is 0 Å². The minimum Gasteiger partial charge on any atom is -0.326 e. The highest BCUT2D eigenvalue weighted by atomic mass is 32.1. The Bertz CT molecular complexity index is 936. The fourth-order valence-electron chi connectivity index (χ4n) is 3.30. The van der Waals surface area contributed by atoms with Crippen LogP contribution in [0.2, 0.25) is 0 Å². The summed E-state index contributed by atoms with van der Waals surface area (Å²) in [5.41, 5.74) is -1.27. The Kier molecular flexibility index (Phi) is 5.10. The summed E-state index contributed by atoms with van der Waals surface area (Å²) < 4.78 is 39.5. The van der Waals surface area contributed by atoms with Crippen molar-refractivity contribution in [3.8, 4) is 0 Å². The van der Waals surface area contributed by atoms with E-state index in [0.29, 0.717) is 6.42 Å². The zero-order valence-corrected chi connectivity index (χ0v) is 16.4. The Balaban J connectivity index is 1.98. The molecule has 148 valence electrons. The number of nitrogens with zero attached hydrogens (tertiary/aromatic N) is 2. The summed E-state index contributed by atoms with van der Waals surface area (Å²) in [4.78, 5) is 28.5. The zero-order valence-electron chi connectivity index (χ0n) is 15.6. The van der Waals surface area contributed by atoms with Crippen molar-refractivity contribution in [2.75, 3.05) is 14.1 Å². The highest BCUT2D eigenvalue weighted by molar-refractivity contribution is 7.08. The Morgan fingerprint density at radius 3 is 2.36 bits per heavy atom. The number of carbonyl (C=O) groups is 2. The number of piperazine rings is 1. The molecule has 1 saturated heterocycles. The number of hydrogen-bond acceptors (Lipinski definition) is 3. The molecule has 1 aliphatic rings. The molecule has 1 atom stereocenters. The maximum Gasteiger partial charge on any atom is 0.417 e. The summed E-state index contributed by atoms with van der Waals surface area (Å²) in [7, 11) is 2.92. The van der Waals surface area contributed by atoms with Crippen molar-refractivity contribution >= 4 is 29.2 Å². The fraction of sp³-hybridized carbons (Fsp3) is 0.300. The summed E-state index contributed by atoms with van der Waals surface area (Å²) in [6.45, 7) is 1.67. The Morgan fingerprint density at radius 1 is 1.11 bits per heavy atom. The molecule has 0 radical (unpaired) electrons. The van der Waals surface area contributed by atoms with E-state index in [1.807, 2.05) is 30.3 Å². The molecule has 1 aromatic carbocycles. The number of amides is 2.